The third-order valence-corrected chi connectivity index (χ3v) is 5.16. The molecule has 4 rings (SSSR count). The van der Waals surface area contributed by atoms with E-state index in [-0.39, 0.29) is 22.6 Å². The fraction of sp³-hybridized carbons (Fsp3) is 0. The van der Waals surface area contributed by atoms with Crippen LogP contribution < -0.4 is 4.72 Å². The molecule has 0 aliphatic heterocycles. The summed E-state index contributed by atoms with van der Waals surface area (Å²) in [6.45, 7) is 0. The van der Waals surface area contributed by atoms with Crippen LogP contribution in [-0.4, -0.2) is 28.5 Å². The maximum absolute atomic E-state index is 12.4. The fourth-order valence-electron chi connectivity index (χ4n) is 2.40. The first-order valence-corrected chi connectivity index (χ1v) is 10.1. The normalized spacial score (nSPS) is 11.6. The number of sulfonamides is 1. The van der Waals surface area contributed by atoms with Crippen LogP contribution in [0.4, 0.5) is 17.5 Å². The Bertz CT molecular complexity index is 1270. The molecule has 30 heavy (non-hydrogen) atoms. The van der Waals surface area contributed by atoms with Gasteiger partial charge in [0, 0.05) is 18.0 Å². The van der Waals surface area contributed by atoms with Crippen LogP contribution in [0.5, 0.6) is 5.95 Å². The molecule has 0 spiro atoms. The highest BCUT2D eigenvalue weighted by atomic mass is 32.2. The molecule has 0 saturated carbocycles. The maximum Gasteiger partial charge on any atom is 0.332 e. The topological polar surface area (TPSA) is 143 Å². The third kappa shape index (κ3) is 4.31. The van der Waals surface area contributed by atoms with Gasteiger partial charge in [-0.3, -0.25) is 0 Å². The molecule has 10 nitrogen and oxygen atoms in total. The molecule has 150 valence electrons. The Hall–Kier alpha value is -4.12. The van der Waals surface area contributed by atoms with Gasteiger partial charge in [0.15, 0.2) is 0 Å². The van der Waals surface area contributed by atoms with Crippen LogP contribution in [0, 0.1) is 0 Å². The molecule has 0 saturated heterocycles. The van der Waals surface area contributed by atoms with Crippen LogP contribution in [0.1, 0.15) is 0 Å². The van der Waals surface area contributed by atoms with E-state index in [0.717, 1.165) is 0 Å². The van der Waals surface area contributed by atoms with Gasteiger partial charge in [-0.2, -0.15) is 4.98 Å². The molecule has 0 unspecified atom stereocenters. The highest BCUT2D eigenvalue weighted by Crippen LogP contribution is 2.33. The standard InChI is InChI=1S/C19H14N6O4S/c26-18-16(22-17(29-18)13-5-2-1-3-6-13)24-23-14-7-9-15(10-8-14)30(27,28)25-19-20-11-4-12-21-19/h1-12,26H,(H,20,21,25). The van der Waals surface area contributed by atoms with Crippen molar-refractivity contribution in [2.45, 2.75) is 4.90 Å². The number of anilines is 1. The van der Waals surface area contributed by atoms with Crippen molar-refractivity contribution in [2.75, 3.05) is 4.72 Å². The number of rotatable bonds is 6. The predicted molar refractivity (Wildman–Crippen MR) is 107 cm³/mol. The average molecular weight is 422 g/mol. The Morgan fingerprint density at radius 2 is 1.60 bits per heavy atom. The number of hydrogen-bond donors (Lipinski definition) is 2. The maximum atomic E-state index is 12.4. The van der Waals surface area contributed by atoms with Crippen molar-refractivity contribution in [2.24, 2.45) is 10.2 Å². The first-order chi connectivity index (χ1) is 14.5. The molecule has 2 N–H and O–H groups in total. The van der Waals surface area contributed by atoms with Crippen LogP contribution in [0.3, 0.4) is 0 Å². The van der Waals surface area contributed by atoms with Gasteiger partial charge in [0.1, 0.15) is 0 Å². The molecule has 0 atom stereocenters. The van der Waals surface area contributed by atoms with E-state index in [1.165, 1.54) is 36.7 Å². The van der Waals surface area contributed by atoms with Crippen LogP contribution in [0.25, 0.3) is 11.5 Å². The van der Waals surface area contributed by atoms with Crippen molar-refractivity contribution in [3.8, 4) is 17.4 Å². The molecular formula is C19H14N6O4S. The zero-order chi connectivity index (χ0) is 21.0. The second-order valence-electron chi connectivity index (χ2n) is 5.89. The van der Waals surface area contributed by atoms with E-state index in [1.807, 2.05) is 18.2 Å². The number of oxazole rings is 1. The minimum absolute atomic E-state index is 0.00421. The quantitative estimate of drug-likeness (QED) is 0.446. The number of nitrogens with zero attached hydrogens (tertiary/aromatic N) is 5. The van der Waals surface area contributed by atoms with Gasteiger partial charge in [-0.1, -0.05) is 18.2 Å². The molecule has 2 heterocycles. The zero-order valence-corrected chi connectivity index (χ0v) is 16.1. The second-order valence-corrected chi connectivity index (χ2v) is 7.57. The fourth-order valence-corrected chi connectivity index (χ4v) is 3.36. The Labute approximate surface area is 171 Å². The molecule has 2 aromatic carbocycles. The monoisotopic (exact) mass is 422 g/mol. The van der Waals surface area contributed by atoms with E-state index in [2.05, 4.69) is 29.9 Å². The van der Waals surface area contributed by atoms with Crippen molar-refractivity contribution in [1.29, 1.82) is 0 Å². The summed E-state index contributed by atoms with van der Waals surface area (Å²) in [5.41, 5.74) is 1.03. The minimum Gasteiger partial charge on any atom is -0.478 e. The predicted octanol–water partition coefficient (Wildman–Crippen LogP) is 4.05. The summed E-state index contributed by atoms with van der Waals surface area (Å²) in [5, 5.41) is 17.7. The zero-order valence-electron chi connectivity index (χ0n) is 15.2. The number of aromatic nitrogens is 3. The van der Waals surface area contributed by atoms with Crippen molar-refractivity contribution < 1.29 is 17.9 Å². The summed E-state index contributed by atoms with van der Waals surface area (Å²) in [7, 11) is -3.85. The summed E-state index contributed by atoms with van der Waals surface area (Å²) >= 11 is 0. The molecule has 0 fully saturated rings. The summed E-state index contributed by atoms with van der Waals surface area (Å²) in [5.74, 6) is -0.382. The van der Waals surface area contributed by atoms with Crippen LogP contribution in [0.15, 0.2) is 92.6 Å². The molecule has 0 aliphatic carbocycles. The molecule has 11 heteroatoms. The van der Waals surface area contributed by atoms with Crippen LogP contribution in [-0.2, 0) is 10.0 Å². The van der Waals surface area contributed by atoms with Crippen LogP contribution in [0.2, 0.25) is 0 Å². The lowest BCUT2D eigenvalue weighted by Gasteiger charge is -2.05. The van der Waals surface area contributed by atoms with Gasteiger partial charge < -0.3 is 9.52 Å². The molecule has 4 aromatic rings. The van der Waals surface area contributed by atoms with Gasteiger partial charge in [0.05, 0.1) is 10.6 Å². The van der Waals surface area contributed by atoms with E-state index < -0.39 is 16.0 Å². The second kappa shape index (κ2) is 8.09. The van der Waals surface area contributed by atoms with E-state index in [0.29, 0.717) is 11.3 Å². The number of benzene rings is 2. The highest BCUT2D eigenvalue weighted by molar-refractivity contribution is 7.92. The van der Waals surface area contributed by atoms with E-state index in [1.54, 1.807) is 18.2 Å². The number of nitrogens with one attached hydrogen (secondary N) is 1. The average Bonchev–Trinajstić information content (AvgIpc) is 3.14. The van der Waals surface area contributed by atoms with Crippen molar-refractivity contribution in [3.05, 3.63) is 73.1 Å². The van der Waals surface area contributed by atoms with Gasteiger partial charge in [0.25, 0.3) is 15.8 Å². The molecule has 0 aliphatic rings. The van der Waals surface area contributed by atoms with Crippen molar-refractivity contribution >= 4 is 27.5 Å². The van der Waals surface area contributed by atoms with Crippen molar-refractivity contribution in [3.63, 3.8) is 0 Å². The Kier molecular flexibility index (Phi) is 5.18. The first kappa shape index (κ1) is 19.2. The molecular weight excluding hydrogens is 408 g/mol. The number of hydrogen-bond acceptors (Lipinski definition) is 9. The third-order valence-electron chi connectivity index (χ3n) is 3.81. The van der Waals surface area contributed by atoms with Gasteiger partial charge in [-0.05, 0) is 42.5 Å². The highest BCUT2D eigenvalue weighted by Gasteiger charge is 2.16. The van der Waals surface area contributed by atoms with Gasteiger partial charge in [-0.15, -0.1) is 10.2 Å². The smallest absolute Gasteiger partial charge is 0.332 e. The van der Waals surface area contributed by atoms with E-state index >= 15 is 0 Å². The Morgan fingerprint density at radius 1 is 0.900 bits per heavy atom. The van der Waals surface area contributed by atoms with Gasteiger partial charge in [-0.25, -0.2) is 23.1 Å². The summed E-state index contributed by atoms with van der Waals surface area (Å²) in [6, 6.07) is 16.2. The molecule has 0 amide bonds. The lowest BCUT2D eigenvalue weighted by molar-refractivity contribution is 0.338. The minimum atomic E-state index is -3.85. The Morgan fingerprint density at radius 3 is 2.30 bits per heavy atom. The Balaban J connectivity index is 1.50. The molecule has 0 bridgehead atoms. The van der Waals surface area contributed by atoms with E-state index in [4.69, 9.17) is 4.42 Å². The lowest BCUT2D eigenvalue weighted by atomic mass is 10.2. The first-order valence-electron chi connectivity index (χ1n) is 8.58. The SMILES string of the molecule is O=S(=O)(Nc1ncccn1)c1ccc(N=Nc2nc(-c3ccccc3)oc2O)cc1. The largest absolute Gasteiger partial charge is 0.478 e. The van der Waals surface area contributed by atoms with E-state index in [9.17, 15) is 13.5 Å². The van der Waals surface area contributed by atoms with Crippen LogP contribution >= 0.6 is 0 Å². The summed E-state index contributed by atoms with van der Waals surface area (Å²) in [4.78, 5) is 11.8. The van der Waals surface area contributed by atoms with Crippen molar-refractivity contribution in [1.82, 2.24) is 15.0 Å². The van der Waals surface area contributed by atoms with Gasteiger partial charge >= 0.3 is 5.95 Å². The molecule has 2 aromatic heterocycles. The summed E-state index contributed by atoms with van der Waals surface area (Å²) < 4.78 is 32.2. The summed E-state index contributed by atoms with van der Waals surface area (Å²) in [6.07, 6.45) is 2.85. The van der Waals surface area contributed by atoms with Gasteiger partial charge in [0.2, 0.25) is 11.8 Å². The lowest BCUT2D eigenvalue weighted by Crippen LogP contribution is -2.14. The number of azo groups is 1. The number of aromatic hydroxyl groups is 1. The molecule has 0 radical (unpaired) electrons.